The molecule has 0 fully saturated rings. The highest BCUT2D eigenvalue weighted by Gasteiger charge is 2.23. The predicted molar refractivity (Wildman–Crippen MR) is 119 cm³/mol. The molecule has 0 aliphatic carbocycles. The fourth-order valence-corrected chi connectivity index (χ4v) is 4.01. The van der Waals surface area contributed by atoms with E-state index in [1.54, 1.807) is 12.3 Å². The van der Waals surface area contributed by atoms with Crippen LogP contribution in [0.15, 0.2) is 36.7 Å². The minimum Gasteiger partial charge on any atom is -0.491 e. The summed E-state index contributed by atoms with van der Waals surface area (Å²) in [5.41, 5.74) is 5.02. The van der Waals surface area contributed by atoms with Gasteiger partial charge in [-0.3, -0.25) is 14.9 Å². The molecule has 8 nitrogen and oxygen atoms in total. The molecule has 8 heteroatoms. The van der Waals surface area contributed by atoms with Crippen molar-refractivity contribution in [2.75, 3.05) is 33.8 Å². The van der Waals surface area contributed by atoms with E-state index in [0.29, 0.717) is 18.8 Å². The van der Waals surface area contributed by atoms with Gasteiger partial charge >= 0.3 is 0 Å². The third kappa shape index (κ3) is 3.59. The predicted octanol–water partition coefficient (Wildman–Crippen LogP) is 2.79. The van der Waals surface area contributed by atoms with Crippen LogP contribution in [0.2, 0.25) is 0 Å². The number of hydrogen-bond acceptors (Lipinski definition) is 6. The highest BCUT2D eigenvalue weighted by atomic mass is 16.5. The molecule has 1 amide bonds. The van der Waals surface area contributed by atoms with E-state index >= 15 is 0 Å². The van der Waals surface area contributed by atoms with E-state index in [0.717, 1.165) is 63.8 Å². The van der Waals surface area contributed by atoms with Gasteiger partial charge in [-0.1, -0.05) is 0 Å². The van der Waals surface area contributed by atoms with Crippen molar-refractivity contribution in [3.8, 4) is 17.0 Å². The number of benzene rings is 1. The summed E-state index contributed by atoms with van der Waals surface area (Å²) >= 11 is 0. The average molecular weight is 416 g/mol. The second kappa shape index (κ2) is 7.96. The van der Waals surface area contributed by atoms with Gasteiger partial charge in [-0.15, -0.1) is 0 Å². The van der Waals surface area contributed by atoms with Crippen LogP contribution in [0, 0.1) is 0 Å². The molecular formula is C23H24N6O2. The number of pyridine rings is 2. The van der Waals surface area contributed by atoms with Crippen molar-refractivity contribution >= 4 is 27.7 Å². The third-order valence-electron chi connectivity index (χ3n) is 5.56. The second-order valence-electron chi connectivity index (χ2n) is 8.00. The normalized spacial score (nSPS) is 13.4. The summed E-state index contributed by atoms with van der Waals surface area (Å²) in [7, 11) is 3.94. The SMILES string of the molecule is CN(C)CCNC(=O)c1ccc(-c2nc3ccc4[nH]ncc4c3c3c2OCCC3)cn1. The molecule has 0 unspecified atom stereocenters. The lowest BCUT2D eigenvalue weighted by Crippen LogP contribution is -2.31. The molecule has 0 saturated carbocycles. The molecule has 5 rings (SSSR count). The van der Waals surface area contributed by atoms with Crippen molar-refractivity contribution in [2.45, 2.75) is 12.8 Å². The first kappa shape index (κ1) is 19.4. The number of nitrogens with one attached hydrogen (secondary N) is 2. The molecule has 1 aromatic carbocycles. The second-order valence-corrected chi connectivity index (χ2v) is 8.00. The minimum atomic E-state index is -0.180. The number of H-pyrrole nitrogens is 1. The lowest BCUT2D eigenvalue weighted by molar-refractivity contribution is 0.0946. The highest BCUT2D eigenvalue weighted by Crippen LogP contribution is 2.41. The molecule has 0 bridgehead atoms. The fraction of sp³-hybridized carbons (Fsp3) is 0.304. The van der Waals surface area contributed by atoms with Crippen LogP contribution in [0.1, 0.15) is 22.5 Å². The number of fused-ring (bicyclic) bond motifs is 5. The Morgan fingerprint density at radius 2 is 2.13 bits per heavy atom. The molecule has 158 valence electrons. The highest BCUT2D eigenvalue weighted by molar-refractivity contribution is 6.08. The Morgan fingerprint density at radius 3 is 2.94 bits per heavy atom. The van der Waals surface area contributed by atoms with Crippen molar-refractivity contribution < 1.29 is 9.53 Å². The number of aromatic amines is 1. The summed E-state index contributed by atoms with van der Waals surface area (Å²) in [5.74, 6) is 0.623. The topological polar surface area (TPSA) is 96.0 Å². The van der Waals surface area contributed by atoms with E-state index in [1.807, 2.05) is 43.4 Å². The van der Waals surface area contributed by atoms with Gasteiger partial charge in [0, 0.05) is 41.2 Å². The lowest BCUT2D eigenvalue weighted by atomic mass is 9.96. The van der Waals surface area contributed by atoms with Gasteiger partial charge in [0.05, 0.1) is 23.8 Å². The summed E-state index contributed by atoms with van der Waals surface area (Å²) in [4.78, 5) is 23.7. The van der Waals surface area contributed by atoms with Gasteiger partial charge in [0.2, 0.25) is 0 Å². The third-order valence-corrected chi connectivity index (χ3v) is 5.56. The molecule has 0 saturated heterocycles. The molecule has 0 spiro atoms. The van der Waals surface area contributed by atoms with Crippen LogP contribution in [-0.4, -0.2) is 64.8 Å². The first-order valence-corrected chi connectivity index (χ1v) is 10.4. The smallest absolute Gasteiger partial charge is 0.269 e. The van der Waals surface area contributed by atoms with Crippen molar-refractivity contribution in [3.05, 3.63) is 47.9 Å². The number of rotatable bonds is 5. The first-order chi connectivity index (χ1) is 15.1. The van der Waals surface area contributed by atoms with Crippen LogP contribution in [-0.2, 0) is 6.42 Å². The number of amides is 1. The van der Waals surface area contributed by atoms with E-state index in [4.69, 9.17) is 9.72 Å². The zero-order valence-electron chi connectivity index (χ0n) is 17.6. The van der Waals surface area contributed by atoms with Gasteiger partial charge in [-0.05, 0) is 51.2 Å². The monoisotopic (exact) mass is 416 g/mol. The number of aromatic nitrogens is 4. The van der Waals surface area contributed by atoms with Crippen molar-refractivity contribution in [1.82, 2.24) is 30.4 Å². The molecular weight excluding hydrogens is 392 g/mol. The Kier molecular flexibility index (Phi) is 4.99. The van der Waals surface area contributed by atoms with Crippen molar-refractivity contribution in [1.29, 1.82) is 0 Å². The zero-order valence-corrected chi connectivity index (χ0v) is 17.6. The summed E-state index contributed by atoms with van der Waals surface area (Å²) in [6, 6.07) is 7.63. The van der Waals surface area contributed by atoms with Gasteiger partial charge in [-0.2, -0.15) is 5.10 Å². The quantitative estimate of drug-likeness (QED) is 0.519. The summed E-state index contributed by atoms with van der Waals surface area (Å²) in [6.07, 6.45) is 5.43. The number of carbonyl (C=O) groups excluding carboxylic acids is 1. The van der Waals surface area contributed by atoms with E-state index < -0.39 is 0 Å². The average Bonchev–Trinajstić information content (AvgIpc) is 3.27. The van der Waals surface area contributed by atoms with Crippen LogP contribution in [0.5, 0.6) is 5.75 Å². The van der Waals surface area contributed by atoms with Gasteiger partial charge in [-0.25, -0.2) is 4.98 Å². The number of carbonyl (C=O) groups is 1. The Balaban J connectivity index is 1.53. The van der Waals surface area contributed by atoms with Crippen LogP contribution >= 0.6 is 0 Å². The van der Waals surface area contributed by atoms with Crippen molar-refractivity contribution in [2.24, 2.45) is 0 Å². The standard InChI is InChI=1S/C23H24N6O2/c1-29(2)10-9-24-23(30)19-6-5-14(12-25-19)21-22-15(4-3-11-31-22)20-16-13-26-28-17(16)7-8-18(20)27-21/h5-8,12-13H,3-4,9-11H2,1-2H3,(H,24,30)(H,26,28). The summed E-state index contributed by atoms with van der Waals surface area (Å²) in [6.45, 7) is 2.01. The van der Waals surface area contributed by atoms with Crippen molar-refractivity contribution in [3.63, 3.8) is 0 Å². The largest absolute Gasteiger partial charge is 0.491 e. The van der Waals surface area contributed by atoms with E-state index in [-0.39, 0.29) is 5.91 Å². The van der Waals surface area contributed by atoms with E-state index in [1.165, 1.54) is 0 Å². The van der Waals surface area contributed by atoms with Crippen LogP contribution in [0.25, 0.3) is 33.1 Å². The summed E-state index contributed by atoms with van der Waals surface area (Å²) in [5, 5.41) is 12.3. The van der Waals surface area contributed by atoms with Crippen LogP contribution in [0.4, 0.5) is 0 Å². The zero-order chi connectivity index (χ0) is 21.4. The Labute approximate surface area is 179 Å². The summed E-state index contributed by atoms with van der Waals surface area (Å²) < 4.78 is 6.09. The maximum Gasteiger partial charge on any atom is 0.269 e. The molecule has 2 N–H and O–H groups in total. The molecule has 1 aliphatic heterocycles. The first-order valence-electron chi connectivity index (χ1n) is 10.4. The fourth-order valence-electron chi connectivity index (χ4n) is 4.01. The van der Waals surface area contributed by atoms with E-state index in [2.05, 4.69) is 20.5 Å². The Hall–Kier alpha value is -3.52. The van der Waals surface area contributed by atoms with Gasteiger partial charge < -0.3 is 15.0 Å². The van der Waals surface area contributed by atoms with Crippen LogP contribution in [0.3, 0.4) is 0 Å². The van der Waals surface area contributed by atoms with E-state index in [9.17, 15) is 4.79 Å². The molecule has 31 heavy (non-hydrogen) atoms. The lowest BCUT2D eigenvalue weighted by Gasteiger charge is -2.22. The maximum absolute atomic E-state index is 12.3. The number of nitrogens with zero attached hydrogens (tertiary/aromatic N) is 4. The van der Waals surface area contributed by atoms with Gasteiger partial charge in [0.1, 0.15) is 17.1 Å². The number of aryl methyl sites for hydroxylation is 1. The maximum atomic E-state index is 12.3. The number of hydrogen-bond donors (Lipinski definition) is 2. The Morgan fingerprint density at radius 1 is 1.23 bits per heavy atom. The minimum absolute atomic E-state index is 0.180. The van der Waals surface area contributed by atoms with Gasteiger partial charge in [0.25, 0.3) is 5.91 Å². The molecule has 1 aliphatic rings. The molecule has 3 aromatic heterocycles. The molecule has 4 aromatic rings. The number of likely N-dealkylation sites (N-methyl/N-ethyl adjacent to an activating group) is 1. The van der Waals surface area contributed by atoms with Gasteiger partial charge in [0.15, 0.2) is 0 Å². The molecule has 0 radical (unpaired) electrons. The Bertz CT molecular complexity index is 1260. The molecule has 4 heterocycles. The van der Waals surface area contributed by atoms with Crippen LogP contribution < -0.4 is 10.1 Å². The molecule has 0 atom stereocenters. The number of ether oxygens (including phenoxy) is 1.